The number of benzene rings is 1. The third kappa shape index (κ3) is 6.53. The maximum atomic E-state index is 5.82. The summed E-state index contributed by atoms with van der Waals surface area (Å²) in [4.78, 5) is 0. The molecule has 118 valence electrons. The number of halogens is 1. The first kappa shape index (κ1) is 18.1. The van der Waals surface area contributed by atoms with Gasteiger partial charge in [-0.15, -0.1) is 0 Å². The minimum absolute atomic E-state index is 0.225. The number of hydrogen-bond donors (Lipinski definition) is 1. The topological polar surface area (TPSA) is 30.5 Å². The van der Waals surface area contributed by atoms with Crippen molar-refractivity contribution in [3.63, 3.8) is 0 Å². The van der Waals surface area contributed by atoms with Crippen LogP contribution in [-0.2, 0) is 0 Å². The van der Waals surface area contributed by atoms with Crippen LogP contribution in [0.25, 0.3) is 0 Å². The minimum atomic E-state index is 0.225. The van der Waals surface area contributed by atoms with Crippen molar-refractivity contribution in [2.75, 3.05) is 19.8 Å². The molecule has 21 heavy (non-hydrogen) atoms. The molecule has 0 aliphatic carbocycles. The number of hydrogen-bond acceptors (Lipinski definition) is 3. The molecule has 0 radical (unpaired) electrons. The zero-order valence-corrected chi connectivity index (χ0v) is 14.8. The monoisotopic (exact) mass is 355 g/mol. The first-order chi connectivity index (χ1) is 10.1. The van der Waals surface area contributed by atoms with Gasteiger partial charge in [-0.25, -0.2) is 0 Å². The van der Waals surface area contributed by atoms with Crippen molar-refractivity contribution in [1.29, 1.82) is 0 Å². The maximum Gasteiger partial charge on any atom is 0.161 e. The summed E-state index contributed by atoms with van der Waals surface area (Å²) in [7, 11) is 0. The summed E-state index contributed by atoms with van der Waals surface area (Å²) < 4.78 is 12.5. The maximum absolute atomic E-state index is 5.82. The fourth-order valence-corrected chi connectivity index (χ4v) is 1.99. The summed E-state index contributed by atoms with van der Waals surface area (Å²) in [6, 6.07) is 6.37. The molecule has 1 aromatic carbocycles. The lowest BCUT2D eigenvalue weighted by atomic mass is 10.1. The van der Waals surface area contributed by atoms with Gasteiger partial charge in [0.25, 0.3) is 0 Å². The van der Waals surface area contributed by atoms with Crippen LogP contribution in [0.3, 0.4) is 0 Å². The SMILES string of the molecule is C=C(Br)CNC(C)c1ccc(OCCC)c(OCCC)c1. The molecule has 0 spiro atoms. The molecule has 0 fully saturated rings. The summed E-state index contributed by atoms with van der Waals surface area (Å²) in [6.07, 6.45) is 1.97. The highest BCUT2D eigenvalue weighted by Gasteiger charge is 2.11. The molecular formula is C17H26BrNO2. The van der Waals surface area contributed by atoms with Gasteiger partial charge in [0.1, 0.15) is 0 Å². The quantitative estimate of drug-likeness (QED) is 0.652. The van der Waals surface area contributed by atoms with Crippen molar-refractivity contribution in [3.8, 4) is 11.5 Å². The molecule has 0 saturated heterocycles. The van der Waals surface area contributed by atoms with Gasteiger partial charge in [0.15, 0.2) is 11.5 Å². The zero-order valence-electron chi connectivity index (χ0n) is 13.2. The third-order valence-electron chi connectivity index (χ3n) is 2.99. The molecule has 1 rings (SSSR count). The molecule has 1 N–H and O–H groups in total. The normalized spacial score (nSPS) is 12.0. The van der Waals surface area contributed by atoms with E-state index in [4.69, 9.17) is 9.47 Å². The fourth-order valence-electron chi connectivity index (χ4n) is 1.83. The van der Waals surface area contributed by atoms with E-state index in [0.29, 0.717) is 13.2 Å². The van der Waals surface area contributed by atoms with Crippen molar-refractivity contribution >= 4 is 15.9 Å². The van der Waals surface area contributed by atoms with Gasteiger partial charge in [-0.3, -0.25) is 0 Å². The molecule has 1 atom stereocenters. The Hall–Kier alpha value is -1.00. The Labute approximate surface area is 136 Å². The zero-order chi connectivity index (χ0) is 15.7. The van der Waals surface area contributed by atoms with Crippen LogP contribution in [0.5, 0.6) is 11.5 Å². The van der Waals surface area contributed by atoms with Gasteiger partial charge < -0.3 is 14.8 Å². The Morgan fingerprint density at radius 3 is 2.38 bits per heavy atom. The van der Waals surface area contributed by atoms with E-state index in [2.05, 4.69) is 60.7 Å². The van der Waals surface area contributed by atoms with Crippen LogP contribution in [-0.4, -0.2) is 19.8 Å². The van der Waals surface area contributed by atoms with Gasteiger partial charge in [0.2, 0.25) is 0 Å². The molecular weight excluding hydrogens is 330 g/mol. The molecule has 0 aliphatic rings. The highest BCUT2D eigenvalue weighted by molar-refractivity contribution is 9.11. The Bertz CT molecular complexity index is 448. The van der Waals surface area contributed by atoms with E-state index in [-0.39, 0.29) is 6.04 Å². The molecule has 4 heteroatoms. The predicted octanol–water partition coefficient (Wildman–Crippen LogP) is 4.82. The first-order valence-corrected chi connectivity index (χ1v) is 8.34. The molecule has 0 heterocycles. The second-order valence-corrected chi connectivity index (χ2v) is 6.14. The summed E-state index contributed by atoms with van der Waals surface area (Å²) in [6.45, 7) is 12.3. The third-order valence-corrected chi connectivity index (χ3v) is 3.27. The van der Waals surface area contributed by atoms with Gasteiger partial charge in [-0.2, -0.15) is 0 Å². The van der Waals surface area contributed by atoms with E-state index in [1.54, 1.807) is 0 Å². The van der Waals surface area contributed by atoms with Crippen LogP contribution in [0.1, 0.15) is 45.2 Å². The smallest absolute Gasteiger partial charge is 0.161 e. The van der Waals surface area contributed by atoms with Crippen molar-refractivity contribution in [3.05, 3.63) is 34.8 Å². The van der Waals surface area contributed by atoms with Crippen molar-refractivity contribution in [2.45, 2.75) is 39.7 Å². The van der Waals surface area contributed by atoms with Gasteiger partial charge in [0, 0.05) is 17.1 Å². The Morgan fingerprint density at radius 1 is 1.19 bits per heavy atom. The highest BCUT2D eigenvalue weighted by Crippen LogP contribution is 2.31. The molecule has 0 amide bonds. The van der Waals surface area contributed by atoms with Gasteiger partial charge >= 0.3 is 0 Å². The van der Waals surface area contributed by atoms with E-state index in [9.17, 15) is 0 Å². The molecule has 0 saturated carbocycles. The van der Waals surface area contributed by atoms with Crippen LogP contribution in [0.2, 0.25) is 0 Å². The van der Waals surface area contributed by atoms with Crippen LogP contribution in [0, 0.1) is 0 Å². The van der Waals surface area contributed by atoms with Crippen molar-refractivity contribution in [1.82, 2.24) is 5.32 Å². The number of rotatable bonds is 10. The Morgan fingerprint density at radius 2 is 1.81 bits per heavy atom. The molecule has 3 nitrogen and oxygen atoms in total. The van der Waals surface area contributed by atoms with E-state index >= 15 is 0 Å². The van der Waals surface area contributed by atoms with Gasteiger partial charge in [-0.1, -0.05) is 42.4 Å². The number of nitrogens with one attached hydrogen (secondary N) is 1. The second kappa shape index (κ2) is 9.85. The van der Waals surface area contributed by atoms with Gasteiger partial charge in [0.05, 0.1) is 13.2 Å². The summed E-state index contributed by atoms with van der Waals surface area (Å²) in [5.74, 6) is 1.65. The molecule has 0 aliphatic heterocycles. The standard InChI is InChI=1S/C17H26BrNO2/c1-5-9-20-16-8-7-15(11-17(16)21-10-6-2)14(4)19-12-13(3)18/h7-8,11,14,19H,3,5-6,9-10,12H2,1-2,4H3. The summed E-state index contributed by atoms with van der Waals surface area (Å²) in [5.41, 5.74) is 1.18. The van der Waals surface area contributed by atoms with E-state index in [1.807, 2.05) is 6.07 Å². The molecule has 0 bridgehead atoms. The second-order valence-electron chi connectivity index (χ2n) is 5.02. The number of ether oxygens (including phenoxy) is 2. The average Bonchev–Trinajstić information content (AvgIpc) is 2.48. The largest absolute Gasteiger partial charge is 0.490 e. The van der Waals surface area contributed by atoms with Gasteiger partial charge in [-0.05, 0) is 37.5 Å². The Kier molecular flexibility index (Phi) is 8.47. The molecule has 1 aromatic rings. The lowest BCUT2D eigenvalue weighted by Crippen LogP contribution is -2.19. The fraction of sp³-hybridized carbons (Fsp3) is 0.529. The average molecular weight is 356 g/mol. The van der Waals surface area contributed by atoms with E-state index in [0.717, 1.165) is 35.4 Å². The lowest BCUT2D eigenvalue weighted by Gasteiger charge is -2.18. The van der Waals surface area contributed by atoms with Crippen molar-refractivity contribution < 1.29 is 9.47 Å². The van der Waals surface area contributed by atoms with Crippen LogP contribution in [0.4, 0.5) is 0 Å². The van der Waals surface area contributed by atoms with Crippen LogP contribution >= 0.6 is 15.9 Å². The summed E-state index contributed by atoms with van der Waals surface area (Å²) >= 11 is 3.36. The lowest BCUT2D eigenvalue weighted by molar-refractivity contribution is 0.268. The van der Waals surface area contributed by atoms with Crippen molar-refractivity contribution in [2.24, 2.45) is 0 Å². The van der Waals surface area contributed by atoms with Crippen LogP contribution in [0.15, 0.2) is 29.3 Å². The summed E-state index contributed by atoms with van der Waals surface area (Å²) in [5, 5.41) is 3.40. The van der Waals surface area contributed by atoms with E-state index in [1.165, 1.54) is 5.56 Å². The predicted molar refractivity (Wildman–Crippen MR) is 92.5 cm³/mol. The Balaban J connectivity index is 2.83. The van der Waals surface area contributed by atoms with E-state index < -0.39 is 0 Å². The first-order valence-electron chi connectivity index (χ1n) is 7.54. The minimum Gasteiger partial charge on any atom is -0.490 e. The molecule has 1 unspecified atom stereocenters. The highest BCUT2D eigenvalue weighted by atomic mass is 79.9. The van der Waals surface area contributed by atoms with Crippen LogP contribution < -0.4 is 14.8 Å². The molecule has 0 aromatic heterocycles.